The SMILES string of the molecule is Cc1cc2c(c([C@H](C)C(=O)Nc3ccc(C4=CCCC=C4)nn3)c1)C(=O)N(C)C2=O.[HH]. The van der Waals surface area contributed by atoms with Crippen molar-refractivity contribution in [2.45, 2.75) is 32.6 Å². The second-order valence-electron chi connectivity index (χ2n) is 7.60. The van der Waals surface area contributed by atoms with Crippen molar-refractivity contribution in [1.29, 1.82) is 0 Å². The van der Waals surface area contributed by atoms with Crippen molar-refractivity contribution in [1.82, 2.24) is 15.1 Å². The third-order valence-electron chi connectivity index (χ3n) is 5.43. The summed E-state index contributed by atoms with van der Waals surface area (Å²) in [6, 6.07) is 6.99. The molecule has 0 fully saturated rings. The Labute approximate surface area is 176 Å². The fraction of sp³-hybridized carbons (Fsp3) is 0.261. The first kappa shape index (κ1) is 19.7. The van der Waals surface area contributed by atoms with Crippen LogP contribution in [0.4, 0.5) is 5.82 Å². The average Bonchev–Trinajstić information content (AvgIpc) is 2.97. The lowest BCUT2D eigenvalue weighted by Crippen LogP contribution is -2.25. The third kappa shape index (κ3) is 3.43. The summed E-state index contributed by atoms with van der Waals surface area (Å²) in [5.41, 5.74) is 3.76. The van der Waals surface area contributed by atoms with E-state index in [4.69, 9.17) is 0 Å². The van der Waals surface area contributed by atoms with E-state index in [-0.39, 0.29) is 19.1 Å². The van der Waals surface area contributed by atoms with Crippen LogP contribution in [0.1, 0.15) is 64.6 Å². The minimum atomic E-state index is -0.646. The molecule has 3 amide bonds. The number of aryl methyl sites for hydroxylation is 1. The second-order valence-corrected chi connectivity index (χ2v) is 7.60. The number of hydrogen-bond donors (Lipinski definition) is 1. The van der Waals surface area contributed by atoms with Crippen LogP contribution in [-0.2, 0) is 4.79 Å². The predicted molar refractivity (Wildman–Crippen MR) is 115 cm³/mol. The molecule has 0 saturated heterocycles. The molecule has 0 radical (unpaired) electrons. The van der Waals surface area contributed by atoms with Gasteiger partial charge in [-0.05, 0) is 61.6 Å². The smallest absolute Gasteiger partial charge is 0.261 e. The van der Waals surface area contributed by atoms with Crippen LogP contribution < -0.4 is 5.32 Å². The molecule has 1 aliphatic carbocycles. The summed E-state index contributed by atoms with van der Waals surface area (Å²) < 4.78 is 0. The number of hydrogen-bond acceptors (Lipinski definition) is 5. The van der Waals surface area contributed by atoms with E-state index in [2.05, 4.69) is 27.7 Å². The maximum atomic E-state index is 12.9. The minimum absolute atomic E-state index is 0. The molecule has 7 nitrogen and oxygen atoms in total. The summed E-state index contributed by atoms with van der Waals surface area (Å²) >= 11 is 0. The Morgan fingerprint density at radius 1 is 1.17 bits per heavy atom. The molecule has 0 spiro atoms. The van der Waals surface area contributed by atoms with Gasteiger partial charge < -0.3 is 5.32 Å². The molecule has 2 heterocycles. The summed E-state index contributed by atoms with van der Waals surface area (Å²) in [6.07, 6.45) is 8.22. The zero-order valence-electron chi connectivity index (χ0n) is 17.1. The first-order valence-corrected chi connectivity index (χ1v) is 9.85. The van der Waals surface area contributed by atoms with Gasteiger partial charge in [0.25, 0.3) is 11.8 Å². The number of nitrogens with zero attached hydrogens (tertiary/aromatic N) is 3. The van der Waals surface area contributed by atoms with Gasteiger partial charge in [0.2, 0.25) is 5.91 Å². The molecule has 30 heavy (non-hydrogen) atoms. The molecule has 4 rings (SSSR count). The number of rotatable bonds is 4. The van der Waals surface area contributed by atoms with Crippen LogP contribution in [0.3, 0.4) is 0 Å². The van der Waals surface area contributed by atoms with Crippen LogP contribution in [0.15, 0.2) is 42.5 Å². The normalized spacial score (nSPS) is 16.4. The highest BCUT2D eigenvalue weighted by Crippen LogP contribution is 2.32. The number of nitrogens with one attached hydrogen (secondary N) is 1. The van der Waals surface area contributed by atoms with Crippen molar-refractivity contribution in [3.8, 4) is 0 Å². The quantitative estimate of drug-likeness (QED) is 0.784. The number of benzene rings is 1. The zero-order valence-corrected chi connectivity index (χ0v) is 17.1. The van der Waals surface area contributed by atoms with Crippen LogP contribution in [0.25, 0.3) is 5.57 Å². The molecular weight excluding hydrogens is 380 g/mol. The van der Waals surface area contributed by atoms with E-state index in [1.54, 1.807) is 25.1 Å². The highest BCUT2D eigenvalue weighted by Gasteiger charge is 2.37. The highest BCUT2D eigenvalue weighted by atomic mass is 16.2. The standard InChI is InChI=1S/C23H22N4O3.H2/c1-13-11-16(20-17(12-13)22(29)27(3)23(20)30)14(2)21(28)24-19-10-9-18(25-26-19)15-7-5-4-6-8-15;/h5,7-12,14H,4,6H2,1-3H3,(H,24,26,28);1H/t14-;/m0./s1. The zero-order chi connectivity index (χ0) is 21.4. The molecule has 1 atom stereocenters. The van der Waals surface area contributed by atoms with Gasteiger partial charge in [0.05, 0.1) is 22.7 Å². The molecule has 2 aromatic rings. The molecule has 1 aliphatic heterocycles. The number of carbonyl (C=O) groups excluding carboxylic acids is 3. The van der Waals surface area contributed by atoms with Crippen LogP contribution in [0.5, 0.6) is 0 Å². The molecule has 1 aromatic carbocycles. The number of aromatic nitrogens is 2. The fourth-order valence-corrected chi connectivity index (χ4v) is 3.74. The summed E-state index contributed by atoms with van der Waals surface area (Å²) in [5, 5.41) is 11.1. The van der Waals surface area contributed by atoms with Gasteiger partial charge in [-0.2, -0.15) is 0 Å². The van der Waals surface area contributed by atoms with Crippen molar-refractivity contribution in [3.05, 3.63) is 70.4 Å². The molecule has 1 aromatic heterocycles. The van der Waals surface area contributed by atoms with Crippen LogP contribution in [0, 0.1) is 6.92 Å². The average molecular weight is 404 g/mol. The number of carbonyl (C=O) groups is 3. The van der Waals surface area contributed by atoms with Crippen molar-refractivity contribution in [3.63, 3.8) is 0 Å². The summed E-state index contributed by atoms with van der Waals surface area (Å²) in [5.74, 6) is -1.37. The summed E-state index contributed by atoms with van der Waals surface area (Å²) in [4.78, 5) is 38.8. The largest absolute Gasteiger partial charge is 0.309 e. The predicted octanol–water partition coefficient (Wildman–Crippen LogP) is 3.73. The molecule has 154 valence electrons. The number of anilines is 1. The van der Waals surface area contributed by atoms with Crippen molar-refractivity contribution in [2.24, 2.45) is 0 Å². The van der Waals surface area contributed by atoms with Gasteiger partial charge >= 0.3 is 0 Å². The fourth-order valence-electron chi connectivity index (χ4n) is 3.74. The number of imide groups is 1. The van der Waals surface area contributed by atoms with Gasteiger partial charge in [-0.1, -0.05) is 24.3 Å². The van der Waals surface area contributed by atoms with E-state index in [9.17, 15) is 14.4 Å². The second kappa shape index (κ2) is 7.67. The third-order valence-corrected chi connectivity index (χ3v) is 5.43. The Hall–Kier alpha value is -3.61. The Morgan fingerprint density at radius 3 is 2.63 bits per heavy atom. The van der Waals surface area contributed by atoms with Crippen LogP contribution >= 0.6 is 0 Å². The molecule has 0 bridgehead atoms. The monoisotopic (exact) mass is 404 g/mol. The Kier molecular flexibility index (Phi) is 5.03. The van der Waals surface area contributed by atoms with Crippen LogP contribution in [0.2, 0.25) is 0 Å². The van der Waals surface area contributed by atoms with Gasteiger partial charge in [0, 0.05) is 8.47 Å². The van der Waals surface area contributed by atoms with E-state index < -0.39 is 5.92 Å². The lowest BCUT2D eigenvalue weighted by atomic mass is 9.90. The lowest BCUT2D eigenvalue weighted by molar-refractivity contribution is -0.117. The topological polar surface area (TPSA) is 92.3 Å². The van der Waals surface area contributed by atoms with Gasteiger partial charge in [-0.3, -0.25) is 19.3 Å². The van der Waals surface area contributed by atoms with Gasteiger partial charge in [0.15, 0.2) is 5.82 Å². The van der Waals surface area contributed by atoms with Gasteiger partial charge in [-0.25, -0.2) is 0 Å². The Morgan fingerprint density at radius 2 is 1.97 bits per heavy atom. The highest BCUT2D eigenvalue weighted by molar-refractivity contribution is 6.22. The lowest BCUT2D eigenvalue weighted by Gasteiger charge is -2.16. The van der Waals surface area contributed by atoms with Gasteiger partial charge in [-0.15, -0.1) is 10.2 Å². The van der Waals surface area contributed by atoms with E-state index >= 15 is 0 Å². The molecule has 0 unspecified atom stereocenters. The maximum Gasteiger partial charge on any atom is 0.261 e. The minimum Gasteiger partial charge on any atom is -0.309 e. The Bertz CT molecular complexity index is 1120. The number of amides is 3. The number of allylic oxidation sites excluding steroid dienone is 4. The van der Waals surface area contributed by atoms with E-state index in [0.717, 1.165) is 34.6 Å². The van der Waals surface area contributed by atoms with Crippen molar-refractivity contribution < 1.29 is 15.8 Å². The molecule has 2 aliphatic rings. The molecular formula is C23H24N4O3. The van der Waals surface area contributed by atoms with E-state index in [1.807, 2.05) is 19.1 Å². The molecule has 7 heteroatoms. The summed E-state index contributed by atoms with van der Waals surface area (Å²) in [6.45, 7) is 3.54. The first-order valence-electron chi connectivity index (χ1n) is 9.85. The van der Waals surface area contributed by atoms with Crippen molar-refractivity contribution >= 4 is 29.1 Å². The first-order chi connectivity index (χ1) is 14.4. The maximum absolute atomic E-state index is 12.9. The van der Waals surface area contributed by atoms with E-state index in [1.165, 1.54) is 7.05 Å². The van der Waals surface area contributed by atoms with Crippen molar-refractivity contribution in [2.75, 3.05) is 12.4 Å². The molecule has 0 saturated carbocycles. The van der Waals surface area contributed by atoms with Crippen LogP contribution in [-0.4, -0.2) is 39.9 Å². The number of fused-ring (bicyclic) bond motifs is 1. The summed E-state index contributed by atoms with van der Waals surface area (Å²) in [7, 11) is 1.45. The van der Waals surface area contributed by atoms with E-state index in [0.29, 0.717) is 22.5 Å². The van der Waals surface area contributed by atoms with Gasteiger partial charge in [0.1, 0.15) is 0 Å². The Balaban J connectivity index is 0.00000272. The molecule has 1 N–H and O–H groups in total.